The van der Waals surface area contributed by atoms with Crippen molar-refractivity contribution in [2.24, 2.45) is 0 Å². The summed E-state index contributed by atoms with van der Waals surface area (Å²) in [5.41, 5.74) is 1.88. The number of carbonyl (C=O) groups is 1. The number of non-ortho nitro benzene ring substituents is 1. The Kier molecular flexibility index (Phi) is 4.83. The van der Waals surface area contributed by atoms with Gasteiger partial charge in [-0.25, -0.2) is 0 Å². The second kappa shape index (κ2) is 7.21. The Balaban J connectivity index is 1.55. The van der Waals surface area contributed by atoms with E-state index in [9.17, 15) is 20.0 Å². The molecular formula is C18H19N3O4. The average molecular weight is 341 g/mol. The van der Waals surface area contributed by atoms with Crippen LogP contribution in [0.15, 0.2) is 48.5 Å². The number of hydrogen-bond donors (Lipinski definition) is 1. The van der Waals surface area contributed by atoms with Crippen molar-refractivity contribution < 1.29 is 14.8 Å². The molecule has 2 aromatic carbocycles. The average Bonchev–Trinajstić information content (AvgIpc) is 2.64. The second-order valence-corrected chi connectivity index (χ2v) is 5.98. The van der Waals surface area contributed by atoms with Crippen LogP contribution < -0.4 is 4.90 Å². The molecule has 0 aromatic heterocycles. The molecule has 0 aliphatic carbocycles. The number of nitrogens with zero attached hydrogens (tertiary/aromatic N) is 3. The summed E-state index contributed by atoms with van der Waals surface area (Å²) in [6, 6.07) is 13.1. The molecule has 1 N–H and O–H groups in total. The summed E-state index contributed by atoms with van der Waals surface area (Å²) in [5.74, 6) is 0.252. The molecule has 25 heavy (non-hydrogen) atoms. The van der Waals surface area contributed by atoms with Crippen LogP contribution in [0.4, 0.5) is 11.4 Å². The highest BCUT2D eigenvalue weighted by Crippen LogP contribution is 2.21. The van der Waals surface area contributed by atoms with Crippen LogP contribution in [0.25, 0.3) is 0 Å². The molecule has 0 saturated carbocycles. The number of rotatable bonds is 4. The van der Waals surface area contributed by atoms with Crippen molar-refractivity contribution in [3.63, 3.8) is 0 Å². The number of aromatic hydroxyl groups is 1. The van der Waals surface area contributed by atoms with Gasteiger partial charge >= 0.3 is 0 Å². The van der Waals surface area contributed by atoms with Gasteiger partial charge in [0.15, 0.2) is 0 Å². The smallest absolute Gasteiger partial charge is 0.269 e. The Hall–Kier alpha value is -3.09. The Morgan fingerprint density at radius 2 is 1.60 bits per heavy atom. The van der Waals surface area contributed by atoms with Crippen molar-refractivity contribution in [3.8, 4) is 5.75 Å². The lowest BCUT2D eigenvalue weighted by Crippen LogP contribution is -2.49. The summed E-state index contributed by atoms with van der Waals surface area (Å²) in [5, 5.41) is 20.0. The zero-order valence-electron chi connectivity index (χ0n) is 13.7. The standard InChI is InChI=1S/C18H19N3O4/c22-17-7-1-14(2-8-17)13-18(23)20-11-9-19(10-12-20)15-3-5-16(6-4-15)21(24)25/h1-8,22H,9-13H2. The summed E-state index contributed by atoms with van der Waals surface area (Å²) in [4.78, 5) is 26.6. The van der Waals surface area contributed by atoms with Gasteiger partial charge in [-0.1, -0.05) is 12.1 Å². The normalized spacial score (nSPS) is 14.4. The number of piperazine rings is 1. The first-order valence-electron chi connectivity index (χ1n) is 8.08. The van der Waals surface area contributed by atoms with E-state index < -0.39 is 4.92 Å². The predicted octanol–water partition coefficient (Wildman–Crippen LogP) is 2.19. The molecule has 2 aromatic rings. The quantitative estimate of drug-likeness (QED) is 0.680. The van der Waals surface area contributed by atoms with Crippen LogP contribution >= 0.6 is 0 Å². The number of nitro groups is 1. The zero-order chi connectivity index (χ0) is 17.8. The fraction of sp³-hybridized carbons (Fsp3) is 0.278. The number of carbonyl (C=O) groups excluding carboxylic acids is 1. The number of nitro benzene ring substituents is 1. The Bertz CT molecular complexity index is 751. The van der Waals surface area contributed by atoms with Gasteiger partial charge in [0, 0.05) is 44.0 Å². The molecule has 1 saturated heterocycles. The van der Waals surface area contributed by atoms with E-state index in [0.29, 0.717) is 32.6 Å². The summed E-state index contributed by atoms with van der Waals surface area (Å²) in [7, 11) is 0. The summed E-state index contributed by atoms with van der Waals surface area (Å²) in [6.07, 6.45) is 0.317. The van der Waals surface area contributed by atoms with E-state index in [-0.39, 0.29) is 17.3 Å². The second-order valence-electron chi connectivity index (χ2n) is 5.98. The molecule has 1 heterocycles. The molecule has 1 aliphatic rings. The van der Waals surface area contributed by atoms with E-state index in [0.717, 1.165) is 11.3 Å². The van der Waals surface area contributed by atoms with Gasteiger partial charge in [0.05, 0.1) is 11.3 Å². The van der Waals surface area contributed by atoms with Crippen LogP contribution in [0.2, 0.25) is 0 Å². The largest absolute Gasteiger partial charge is 0.508 e. The van der Waals surface area contributed by atoms with Gasteiger partial charge < -0.3 is 14.9 Å². The number of phenols is 1. The first-order valence-corrected chi connectivity index (χ1v) is 8.08. The first-order chi connectivity index (χ1) is 12.0. The van der Waals surface area contributed by atoms with Crippen molar-refractivity contribution in [2.75, 3.05) is 31.1 Å². The molecule has 0 bridgehead atoms. The van der Waals surface area contributed by atoms with Crippen molar-refractivity contribution >= 4 is 17.3 Å². The maximum Gasteiger partial charge on any atom is 0.269 e. The number of hydrogen-bond acceptors (Lipinski definition) is 5. The van der Waals surface area contributed by atoms with Gasteiger partial charge in [0.1, 0.15) is 5.75 Å². The summed E-state index contributed by atoms with van der Waals surface area (Å²) in [6.45, 7) is 2.63. The molecule has 7 heteroatoms. The molecule has 130 valence electrons. The van der Waals surface area contributed by atoms with E-state index >= 15 is 0 Å². The molecule has 0 unspecified atom stereocenters. The molecular weight excluding hydrogens is 322 g/mol. The highest BCUT2D eigenvalue weighted by atomic mass is 16.6. The first kappa shape index (κ1) is 16.8. The molecule has 1 aliphatic heterocycles. The van der Waals surface area contributed by atoms with Crippen molar-refractivity contribution in [2.45, 2.75) is 6.42 Å². The van der Waals surface area contributed by atoms with Gasteiger partial charge in [0.25, 0.3) is 5.69 Å². The minimum Gasteiger partial charge on any atom is -0.508 e. The van der Waals surface area contributed by atoms with E-state index in [1.165, 1.54) is 12.1 Å². The van der Waals surface area contributed by atoms with Gasteiger partial charge in [-0.05, 0) is 29.8 Å². The molecule has 1 amide bonds. The highest BCUT2D eigenvalue weighted by Gasteiger charge is 2.21. The highest BCUT2D eigenvalue weighted by molar-refractivity contribution is 5.79. The van der Waals surface area contributed by atoms with Crippen LogP contribution in [-0.4, -0.2) is 47.0 Å². The third kappa shape index (κ3) is 4.06. The minimum atomic E-state index is -0.413. The maximum absolute atomic E-state index is 12.4. The number of anilines is 1. The van der Waals surface area contributed by atoms with Crippen LogP contribution in [-0.2, 0) is 11.2 Å². The van der Waals surface area contributed by atoms with Gasteiger partial charge in [-0.3, -0.25) is 14.9 Å². The lowest BCUT2D eigenvalue weighted by atomic mass is 10.1. The van der Waals surface area contributed by atoms with Gasteiger partial charge in [0.2, 0.25) is 5.91 Å². The molecule has 0 spiro atoms. The van der Waals surface area contributed by atoms with Crippen LogP contribution in [0.1, 0.15) is 5.56 Å². The van der Waals surface area contributed by atoms with E-state index in [1.807, 2.05) is 4.90 Å². The van der Waals surface area contributed by atoms with E-state index in [4.69, 9.17) is 0 Å². The topological polar surface area (TPSA) is 86.9 Å². The molecule has 0 radical (unpaired) electrons. The third-order valence-corrected chi connectivity index (χ3v) is 4.35. The summed E-state index contributed by atoms with van der Waals surface area (Å²) < 4.78 is 0. The number of benzene rings is 2. The number of amides is 1. The van der Waals surface area contributed by atoms with Crippen LogP contribution in [0.5, 0.6) is 5.75 Å². The Morgan fingerprint density at radius 1 is 1.00 bits per heavy atom. The fourth-order valence-corrected chi connectivity index (χ4v) is 2.90. The van der Waals surface area contributed by atoms with Crippen LogP contribution in [0.3, 0.4) is 0 Å². The van der Waals surface area contributed by atoms with E-state index in [1.54, 1.807) is 36.4 Å². The third-order valence-electron chi connectivity index (χ3n) is 4.35. The maximum atomic E-state index is 12.4. The number of phenolic OH excluding ortho intramolecular Hbond substituents is 1. The monoisotopic (exact) mass is 341 g/mol. The minimum absolute atomic E-state index is 0.0639. The predicted molar refractivity (Wildman–Crippen MR) is 93.7 cm³/mol. The molecule has 3 rings (SSSR count). The SMILES string of the molecule is O=C(Cc1ccc(O)cc1)N1CCN(c2ccc([N+](=O)[O-])cc2)CC1. The molecule has 0 atom stereocenters. The van der Waals surface area contributed by atoms with Gasteiger partial charge in [-0.15, -0.1) is 0 Å². The lowest BCUT2D eigenvalue weighted by Gasteiger charge is -2.36. The fourth-order valence-electron chi connectivity index (χ4n) is 2.90. The Labute approximate surface area is 145 Å². The van der Waals surface area contributed by atoms with E-state index in [2.05, 4.69) is 4.90 Å². The van der Waals surface area contributed by atoms with Crippen molar-refractivity contribution in [3.05, 3.63) is 64.2 Å². The molecule has 7 nitrogen and oxygen atoms in total. The van der Waals surface area contributed by atoms with Crippen molar-refractivity contribution in [1.29, 1.82) is 0 Å². The van der Waals surface area contributed by atoms with Gasteiger partial charge in [-0.2, -0.15) is 0 Å². The zero-order valence-corrected chi connectivity index (χ0v) is 13.7. The summed E-state index contributed by atoms with van der Waals surface area (Å²) >= 11 is 0. The lowest BCUT2D eigenvalue weighted by molar-refractivity contribution is -0.384. The Morgan fingerprint density at radius 3 is 2.16 bits per heavy atom. The van der Waals surface area contributed by atoms with Crippen LogP contribution in [0, 0.1) is 10.1 Å². The molecule has 1 fully saturated rings. The van der Waals surface area contributed by atoms with Crippen molar-refractivity contribution in [1.82, 2.24) is 4.90 Å².